The van der Waals surface area contributed by atoms with Crippen LogP contribution in [-0.2, 0) is 36.2 Å². The minimum Gasteiger partial charge on any atom is -0.383 e. The lowest BCUT2D eigenvalue weighted by molar-refractivity contribution is -0.432. The Balaban J connectivity index is 1.95. The molecule has 3 unspecified atom stereocenters. The summed E-state index contributed by atoms with van der Waals surface area (Å²) in [7, 11) is -15.3. The van der Waals surface area contributed by atoms with Gasteiger partial charge in [-0.2, -0.15) is 8.62 Å². The molecular weight excluding hydrogens is 525 g/mol. The summed E-state index contributed by atoms with van der Waals surface area (Å²) >= 11 is 0.795. The van der Waals surface area contributed by atoms with Crippen LogP contribution in [0.5, 0.6) is 0 Å². The lowest BCUT2D eigenvalue weighted by Crippen LogP contribution is -2.20. The summed E-state index contributed by atoms with van der Waals surface area (Å²) in [5, 5.41) is 18.5. The van der Waals surface area contributed by atoms with Gasteiger partial charge < -0.3 is 20.0 Å². The number of phosphoric acid groups is 2. The van der Waals surface area contributed by atoms with E-state index in [0.29, 0.717) is 10.6 Å². The van der Waals surface area contributed by atoms with Crippen molar-refractivity contribution in [1.82, 2.24) is 5.09 Å². The van der Waals surface area contributed by atoms with Crippen LogP contribution in [0, 0.1) is 0 Å². The van der Waals surface area contributed by atoms with E-state index >= 15 is 0 Å². The first-order chi connectivity index (χ1) is 15.3. The highest BCUT2D eigenvalue weighted by molar-refractivity contribution is 7.94. The van der Waals surface area contributed by atoms with E-state index in [0.717, 1.165) is 22.8 Å². The van der Waals surface area contributed by atoms with Gasteiger partial charge in [-0.3, -0.25) is 4.52 Å². The Hall–Kier alpha value is -0.860. The number of hydrogen-bond acceptors (Lipinski definition) is 11. The Bertz CT molecular complexity index is 1090. The molecule has 186 valence electrons. The van der Waals surface area contributed by atoms with Crippen LogP contribution in [0.15, 0.2) is 41.3 Å². The van der Waals surface area contributed by atoms with Crippen LogP contribution < -0.4 is 10.4 Å². The summed E-state index contributed by atoms with van der Waals surface area (Å²) in [6.45, 7) is 2.60. The third kappa shape index (κ3) is 9.73. The predicted octanol–water partition coefficient (Wildman–Crippen LogP) is 4.03. The largest absolute Gasteiger partial charge is 0.489 e. The molecular formula is C15H23N2O12P3S. The van der Waals surface area contributed by atoms with Crippen molar-refractivity contribution >= 4 is 51.9 Å². The van der Waals surface area contributed by atoms with E-state index in [1.165, 1.54) is 13.8 Å². The Morgan fingerprint density at radius 3 is 2.27 bits per heavy atom. The zero-order valence-corrected chi connectivity index (χ0v) is 20.8. The molecule has 0 bridgehead atoms. The monoisotopic (exact) mass is 548 g/mol. The zero-order valence-electron chi connectivity index (χ0n) is 17.3. The molecule has 14 nitrogen and oxygen atoms in total. The third-order valence-electron chi connectivity index (χ3n) is 3.55. The minimum absolute atomic E-state index is 0.0756. The van der Waals surface area contributed by atoms with Gasteiger partial charge in [-0.05, 0) is 31.4 Å². The summed E-state index contributed by atoms with van der Waals surface area (Å²) in [4.78, 5) is 29.3. The normalized spacial score (nSPS) is 17.4. The van der Waals surface area contributed by atoms with Crippen LogP contribution in [-0.4, -0.2) is 39.1 Å². The van der Waals surface area contributed by atoms with Gasteiger partial charge in [0.05, 0.1) is 18.1 Å². The average molecular weight is 548 g/mol. The maximum atomic E-state index is 12.0. The molecule has 2 aromatic carbocycles. The lowest BCUT2D eigenvalue weighted by atomic mass is 10.1. The number of nitrogens with one attached hydrogen (secondary N) is 2. The van der Waals surface area contributed by atoms with Gasteiger partial charge in [0.15, 0.2) is 0 Å². The van der Waals surface area contributed by atoms with Crippen LogP contribution in [0.1, 0.15) is 13.8 Å². The standard InChI is InChI=1S/C15H23N2O12P3S/c1-11(2)25-31(21,22)29-32(23,24)28-30(19,20)17-10-9-16-14-7-3-6-13-12(14)5-4-8-15(13)33-27-26-18/h3-8,11,16,18H,9-10H2,1-2H3,(H,21,22)(H,23,24)(H2,17,19,20). The Labute approximate surface area is 193 Å². The first kappa shape index (κ1) is 28.4. The summed E-state index contributed by atoms with van der Waals surface area (Å²) in [5.41, 5.74) is 0.651. The molecule has 0 spiro atoms. The topological polar surface area (TPSA) is 202 Å². The molecule has 0 aliphatic rings. The first-order valence-corrected chi connectivity index (χ1v) is 14.4. The fourth-order valence-corrected chi connectivity index (χ4v) is 6.92. The van der Waals surface area contributed by atoms with E-state index in [1.807, 2.05) is 5.09 Å². The SMILES string of the molecule is CC(C)OP(=O)(O)OP(=O)(O)OP(=O)(O)NCCNc1cccc2c(SOOO)cccc12. The molecule has 0 amide bonds. The molecule has 0 fully saturated rings. The van der Waals surface area contributed by atoms with Gasteiger partial charge in [0.2, 0.25) is 0 Å². The summed E-state index contributed by atoms with van der Waals surface area (Å²) in [6, 6.07) is 10.6. The van der Waals surface area contributed by atoms with Crippen LogP contribution in [0.3, 0.4) is 0 Å². The van der Waals surface area contributed by atoms with Gasteiger partial charge in [0.25, 0.3) is 0 Å². The average Bonchev–Trinajstić information content (AvgIpc) is 2.66. The molecule has 2 aromatic rings. The molecule has 18 heteroatoms. The molecule has 0 heterocycles. The Morgan fingerprint density at radius 1 is 0.939 bits per heavy atom. The molecule has 0 saturated carbocycles. The van der Waals surface area contributed by atoms with E-state index in [9.17, 15) is 28.4 Å². The number of phosphoric ester groups is 1. The van der Waals surface area contributed by atoms with Gasteiger partial charge in [-0.15, -0.1) is 4.33 Å². The summed E-state index contributed by atoms with van der Waals surface area (Å²) in [5.74, 6) is 0. The van der Waals surface area contributed by atoms with Gasteiger partial charge in [0, 0.05) is 29.1 Å². The van der Waals surface area contributed by atoms with Crippen molar-refractivity contribution in [3.05, 3.63) is 36.4 Å². The van der Waals surface area contributed by atoms with Crippen LogP contribution in [0.4, 0.5) is 5.69 Å². The van der Waals surface area contributed by atoms with E-state index in [2.05, 4.69) is 27.8 Å². The highest BCUT2D eigenvalue weighted by atomic mass is 32.2. The maximum absolute atomic E-state index is 12.0. The second kappa shape index (κ2) is 12.2. The Morgan fingerprint density at radius 2 is 1.61 bits per heavy atom. The molecule has 2 rings (SSSR count). The van der Waals surface area contributed by atoms with Crippen molar-refractivity contribution in [2.24, 2.45) is 0 Å². The van der Waals surface area contributed by atoms with Crippen molar-refractivity contribution in [2.45, 2.75) is 24.8 Å². The highest BCUT2D eigenvalue weighted by Gasteiger charge is 2.41. The third-order valence-corrected chi connectivity index (χ3v) is 8.89. The molecule has 0 radical (unpaired) electrons. The van der Waals surface area contributed by atoms with Crippen LogP contribution >= 0.6 is 35.4 Å². The molecule has 0 aliphatic heterocycles. The van der Waals surface area contributed by atoms with E-state index in [4.69, 9.17) is 5.26 Å². The summed E-state index contributed by atoms with van der Waals surface area (Å²) in [6.07, 6.45) is -0.828. The second-order valence-electron chi connectivity index (χ2n) is 6.49. The first-order valence-electron chi connectivity index (χ1n) is 9.09. The molecule has 0 saturated heterocycles. The van der Waals surface area contributed by atoms with E-state index in [1.54, 1.807) is 36.4 Å². The van der Waals surface area contributed by atoms with Gasteiger partial charge >= 0.3 is 23.4 Å². The van der Waals surface area contributed by atoms with Gasteiger partial charge in [-0.1, -0.05) is 29.3 Å². The van der Waals surface area contributed by atoms with Crippen molar-refractivity contribution in [3.8, 4) is 0 Å². The van der Waals surface area contributed by atoms with Gasteiger partial charge in [-0.25, -0.2) is 24.0 Å². The number of rotatable bonds is 14. The number of fused-ring (bicyclic) bond motifs is 1. The highest BCUT2D eigenvalue weighted by Crippen LogP contribution is 2.66. The minimum atomic E-state index is -5.42. The number of benzene rings is 2. The van der Waals surface area contributed by atoms with Crippen molar-refractivity contribution < 1.29 is 56.1 Å². The van der Waals surface area contributed by atoms with Gasteiger partial charge in [0.1, 0.15) is 0 Å². The smallest absolute Gasteiger partial charge is 0.383 e. The van der Waals surface area contributed by atoms with E-state index in [-0.39, 0.29) is 13.1 Å². The van der Waals surface area contributed by atoms with E-state index < -0.39 is 29.5 Å². The zero-order chi connectivity index (χ0) is 24.7. The molecule has 0 aromatic heterocycles. The molecule has 0 aliphatic carbocycles. The fraction of sp³-hybridized carbons (Fsp3) is 0.333. The fourth-order valence-electron chi connectivity index (χ4n) is 2.55. The number of anilines is 1. The van der Waals surface area contributed by atoms with Crippen LogP contribution in [0.25, 0.3) is 10.8 Å². The number of hydrogen-bond donors (Lipinski definition) is 6. The molecule has 6 N–H and O–H groups in total. The van der Waals surface area contributed by atoms with Crippen molar-refractivity contribution in [1.29, 1.82) is 0 Å². The predicted molar refractivity (Wildman–Crippen MR) is 119 cm³/mol. The maximum Gasteiger partial charge on any atom is 0.489 e. The van der Waals surface area contributed by atoms with Crippen molar-refractivity contribution in [2.75, 3.05) is 18.4 Å². The quantitative estimate of drug-likeness (QED) is 0.0649. The second-order valence-corrected chi connectivity index (χ2v) is 12.0. The summed E-state index contributed by atoms with van der Waals surface area (Å²) < 4.78 is 52.5. The lowest BCUT2D eigenvalue weighted by Gasteiger charge is -2.20. The van der Waals surface area contributed by atoms with Crippen LogP contribution in [0.2, 0.25) is 0 Å². The molecule has 33 heavy (non-hydrogen) atoms. The molecule has 3 atom stereocenters. The Kier molecular flexibility index (Phi) is 10.5. The van der Waals surface area contributed by atoms with Crippen molar-refractivity contribution in [3.63, 3.8) is 0 Å².